The number of carbonyl (C=O) groups excluding carboxylic acids is 1. The van der Waals surface area contributed by atoms with Gasteiger partial charge in [-0.05, 0) is 37.8 Å². The fourth-order valence-electron chi connectivity index (χ4n) is 1.73. The van der Waals surface area contributed by atoms with Crippen molar-refractivity contribution in [3.63, 3.8) is 0 Å². The second-order valence-corrected chi connectivity index (χ2v) is 4.28. The van der Waals surface area contributed by atoms with Gasteiger partial charge in [0.15, 0.2) is 0 Å². The predicted octanol–water partition coefficient (Wildman–Crippen LogP) is 2.76. The Morgan fingerprint density at radius 3 is 2.69 bits per heavy atom. The average molecular weight is 219 g/mol. The highest BCUT2D eigenvalue weighted by molar-refractivity contribution is 5.76. The Bertz CT molecular complexity index is 358. The van der Waals surface area contributed by atoms with Crippen LogP contribution >= 0.6 is 0 Å². The van der Waals surface area contributed by atoms with Crippen LogP contribution in [-0.4, -0.2) is 12.5 Å². The van der Waals surface area contributed by atoms with Crippen molar-refractivity contribution in [2.24, 2.45) is 0 Å². The maximum Gasteiger partial charge on any atom is 0.220 e. The van der Waals surface area contributed by atoms with E-state index in [0.717, 1.165) is 19.4 Å². The lowest BCUT2D eigenvalue weighted by molar-refractivity contribution is -0.121. The van der Waals surface area contributed by atoms with E-state index in [1.807, 2.05) is 0 Å². The number of nitrogens with one attached hydrogen (secondary N) is 1. The second kappa shape index (κ2) is 6.31. The van der Waals surface area contributed by atoms with Crippen LogP contribution in [0, 0.1) is 13.8 Å². The average Bonchev–Trinajstić information content (AvgIpc) is 2.25. The van der Waals surface area contributed by atoms with E-state index in [0.29, 0.717) is 6.42 Å². The summed E-state index contributed by atoms with van der Waals surface area (Å²) in [7, 11) is 0. The number of hydrogen-bond donors (Lipinski definition) is 1. The van der Waals surface area contributed by atoms with Gasteiger partial charge in [-0.1, -0.05) is 30.7 Å². The first-order chi connectivity index (χ1) is 7.63. The number of rotatable bonds is 5. The summed E-state index contributed by atoms with van der Waals surface area (Å²) in [5.41, 5.74) is 3.83. The maximum absolute atomic E-state index is 11.4. The van der Waals surface area contributed by atoms with Gasteiger partial charge in [-0.2, -0.15) is 0 Å². The Balaban J connectivity index is 2.45. The molecule has 0 aliphatic rings. The molecule has 0 fully saturated rings. The molecule has 2 nitrogen and oxygen atoms in total. The molecule has 0 unspecified atom stereocenters. The van der Waals surface area contributed by atoms with Crippen LogP contribution in [-0.2, 0) is 11.2 Å². The molecule has 88 valence electrons. The van der Waals surface area contributed by atoms with Gasteiger partial charge < -0.3 is 5.32 Å². The van der Waals surface area contributed by atoms with E-state index >= 15 is 0 Å². The van der Waals surface area contributed by atoms with Gasteiger partial charge in [-0.3, -0.25) is 4.79 Å². The standard InChI is InChI=1S/C14H21NO/c1-4-9-15-14(16)8-7-13-6-5-11(2)10-12(13)3/h5-6,10H,4,7-9H2,1-3H3,(H,15,16). The Hall–Kier alpha value is -1.31. The molecule has 0 spiro atoms. The molecule has 16 heavy (non-hydrogen) atoms. The maximum atomic E-state index is 11.4. The Morgan fingerprint density at radius 2 is 2.06 bits per heavy atom. The van der Waals surface area contributed by atoms with Crippen molar-refractivity contribution in [2.45, 2.75) is 40.0 Å². The minimum absolute atomic E-state index is 0.154. The van der Waals surface area contributed by atoms with E-state index in [4.69, 9.17) is 0 Å². The lowest BCUT2D eigenvalue weighted by atomic mass is 10.0. The van der Waals surface area contributed by atoms with Crippen LogP contribution < -0.4 is 5.32 Å². The van der Waals surface area contributed by atoms with Gasteiger partial charge in [0, 0.05) is 13.0 Å². The summed E-state index contributed by atoms with van der Waals surface area (Å²) in [5.74, 6) is 0.154. The van der Waals surface area contributed by atoms with Gasteiger partial charge in [0.2, 0.25) is 5.91 Å². The highest BCUT2D eigenvalue weighted by Crippen LogP contribution is 2.12. The van der Waals surface area contributed by atoms with Crippen molar-refractivity contribution in [1.29, 1.82) is 0 Å². The molecule has 0 bridgehead atoms. The van der Waals surface area contributed by atoms with Crippen molar-refractivity contribution in [3.8, 4) is 0 Å². The molecule has 0 radical (unpaired) electrons. The molecule has 0 aliphatic carbocycles. The fourth-order valence-corrected chi connectivity index (χ4v) is 1.73. The van der Waals surface area contributed by atoms with Crippen molar-refractivity contribution in [2.75, 3.05) is 6.54 Å². The van der Waals surface area contributed by atoms with Gasteiger partial charge in [0.05, 0.1) is 0 Å². The van der Waals surface area contributed by atoms with Crippen molar-refractivity contribution >= 4 is 5.91 Å². The molecule has 0 aliphatic heterocycles. The van der Waals surface area contributed by atoms with Crippen LogP contribution in [0.1, 0.15) is 36.5 Å². The van der Waals surface area contributed by atoms with Gasteiger partial charge >= 0.3 is 0 Å². The Morgan fingerprint density at radius 1 is 1.31 bits per heavy atom. The molecular formula is C14H21NO. The third-order valence-corrected chi connectivity index (χ3v) is 2.69. The van der Waals surface area contributed by atoms with Crippen LogP contribution in [0.5, 0.6) is 0 Å². The topological polar surface area (TPSA) is 29.1 Å². The molecule has 0 saturated carbocycles. The number of benzene rings is 1. The highest BCUT2D eigenvalue weighted by Gasteiger charge is 2.03. The lowest BCUT2D eigenvalue weighted by Crippen LogP contribution is -2.24. The first-order valence-electron chi connectivity index (χ1n) is 5.96. The zero-order valence-electron chi connectivity index (χ0n) is 10.5. The molecule has 1 amide bonds. The summed E-state index contributed by atoms with van der Waals surface area (Å²) in [5, 5.41) is 2.89. The zero-order chi connectivity index (χ0) is 12.0. The molecule has 0 saturated heterocycles. The van der Waals surface area contributed by atoms with Crippen LogP contribution in [0.15, 0.2) is 18.2 Å². The third kappa shape index (κ3) is 4.05. The zero-order valence-corrected chi connectivity index (χ0v) is 10.5. The molecule has 0 aromatic heterocycles. The summed E-state index contributed by atoms with van der Waals surface area (Å²) in [6, 6.07) is 6.39. The normalized spacial score (nSPS) is 10.2. The summed E-state index contributed by atoms with van der Waals surface area (Å²) in [6.07, 6.45) is 2.42. The monoisotopic (exact) mass is 219 g/mol. The van der Waals surface area contributed by atoms with E-state index in [9.17, 15) is 4.79 Å². The minimum Gasteiger partial charge on any atom is -0.356 e. The molecule has 1 N–H and O–H groups in total. The van der Waals surface area contributed by atoms with Crippen molar-refractivity contribution in [3.05, 3.63) is 34.9 Å². The molecule has 0 atom stereocenters. The fraction of sp³-hybridized carbons (Fsp3) is 0.500. The number of amides is 1. The molecule has 1 aromatic carbocycles. The van der Waals surface area contributed by atoms with E-state index < -0.39 is 0 Å². The second-order valence-electron chi connectivity index (χ2n) is 4.28. The first-order valence-corrected chi connectivity index (χ1v) is 5.96. The van der Waals surface area contributed by atoms with Gasteiger partial charge in [0.25, 0.3) is 0 Å². The van der Waals surface area contributed by atoms with Crippen molar-refractivity contribution < 1.29 is 4.79 Å². The summed E-state index contributed by atoms with van der Waals surface area (Å²) < 4.78 is 0. The van der Waals surface area contributed by atoms with Gasteiger partial charge in [0.1, 0.15) is 0 Å². The van der Waals surface area contributed by atoms with E-state index in [-0.39, 0.29) is 5.91 Å². The number of aryl methyl sites for hydroxylation is 3. The van der Waals surface area contributed by atoms with E-state index in [1.54, 1.807) is 0 Å². The van der Waals surface area contributed by atoms with E-state index in [2.05, 4.69) is 44.3 Å². The predicted molar refractivity (Wildman–Crippen MR) is 67.5 cm³/mol. The quantitative estimate of drug-likeness (QED) is 0.810. The Labute approximate surface area is 98.1 Å². The first kappa shape index (κ1) is 12.8. The third-order valence-electron chi connectivity index (χ3n) is 2.69. The van der Waals surface area contributed by atoms with E-state index in [1.165, 1.54) is 16.7 Å². The largest absolute Gasteiger partial charge is 0.356 e. The summed E-state index contributed by atoms with van der Waals surface area (Å²) in [4.78, 5) is 11.4. The summed E-state index contributed by atoms with van der Waals surface area (Å²) >= 11 is 0. The number of hydrogen-bond acceptors (Lipinski definition) is 1. The minimum atomic E-state index is 0.154. The van der Waals surface area contributed by atoms with Gasteiger partial charge in [-0.15, -0.1) is 0 Å². The van der Waals surface area contributed by atoms with Crippen molar-refractivity contribution in [1.82, 2.24) is 5.32 Å². The smallest absolute Gasteiger partial charge is 0.220 e. The van der Waals surface area contributed by atoms with Crippen LogP contribution in [0.4, 0.5) is 0 Å². The SMILES string of the molecule is CCCNC(=O)CCc1ccc(C)cc1C. The molecule has 2 heteroatoms. The number of carbonyl (C=O) groups is 1. The Kier molecular flexibility index (Phi) is 5.03. The van der Waals surface area contributed by atoms with Crippen LogP contribution in [0.3, 0.4) is 0 Å². The van der Waals surface area contributed by atoms with Crippen LogP contribution in [0.25, 0.3) is 0 Å². The lowest BCUT2D eigenvalue weighted by Gasteiger charge is -2.07. The molecular weight excluding hydrogens is 198 g/mol. The molecule has 0 heterocycles. The van der Waals surface area contributed by atoms with Gasteiger partial charge in [-0.25, -0.2) is 0 Å². The van der Waals surface area contributed by atoms with Crippen LogP contribution in [0.2, 0.25) is 0 Å². The molecule has 1 rings (SSSR count). The molecule has 1 aromatic rings. The highest BCUT2D eigenvalue weighted by atomic mass is 16.1. The summed E-state index contributed by atoms with van der Waals surface area (Å²) in [6.45, 7) is 7.03.